The lowest BCUT2D eigenvalue weighted by molar-refractivity contribution is -0.130. The van der Waals surface area contributed by atoms with Gasteiger partial charge in [-0.2, -0.15) is 0 Å². The molecule has 4 heterocycles. The third kappa shape index (κ3) is 5.24. The highest BCUT2D eigenvalue weighted by Crippen LogP contribution is 2.43. The molecule has 4 aliphatic rings. The number of alkyl halides is 2. The Morgan fingerprint density at radius 1 is 1.05 bits per heavy atom. The lowest BCUT2D eigenvalue weighted by Crippen LogP contribution is -2.46. The number of hydrogen-bond donors (Lipinski definition) is 2. The predicted molar refractivity (Wildman–Crippen MR) is 141 cm³/mol. The Hall–Kier alpha value is -2.39. The van der Waals surface area contributed by atoms with E-state index >= 15 is 0 Å². The number of benzene rings is 1. The number of rotatable bonds is 8. The fourth-order valence-electron chi connectivity index (χ4n) is 7.29. The van der Waals surface area contributed by atoms with E-state index in [1.807, 2.05) is 18.2 Å². The number of aryl methyl sites for hydroxylation is 1. The van der Waals surface area contributed by atoms with Crippen molar-refractivity contribution in [3.8, 4) is 0 Å². The lowest BCUT2D eigenvalue weighted by Gasteiger charge is -2.41. The van der Waals surface area contributed by atoms with Crippen molar-refractivity contribution in [2.24, 2.45) is 5.92 Å². The topological polar surface area (TPSA) is 75.1 Å². The minimum absolute atomic E-state index is 0.0721. The van der Waals surface area contributed by atoms with Crippen molar-refractivity contribution >= 4 is 5.91 Å². The molecule has 1 aromatic heterocycles. The molecule has 2 aromatic rings. The summed E-state index contributed by atoms with van der Waals surface area (Å²) in [5.74, 6) is -0.375. The van der Waals surface area contributed by atoms with Crippen LogP contribution in [-0.4, -0.2) is 63.2 Å². The Bertz CT molecular complexity index is 1100. The van der Waals surface area contributed by atoms with E-state index < -0.39 is 5.92 Å². The minimum atomic E-state index is -2.62. The summed E-state index contributed by atoms with van der Waals surface area (Å²) in [5.41, 5.74) is 1.09. The van der Waals surface area contributed by atoms with E-state index in [9.17, 15) is 13.6 Å². The first-order chi connectivity index (χ1) is 18.4. The number of nitrogens with zero attached hydrogens (tertiary/aromatic N) is 4. The molecule has 0 spiro atoms. The first kappa shape index (κ1) is 25.9. The molecule has 6 rings (SSSR count). The Morgan fingerprint density at radius 3 is 2.37 bits per heavy atom. The molecule has 206 valence electrons. The molecule has 2 N–H and O–H groups in total. The summed E-state index contributed by atoms with van der Waals surface area (Å²) >= 11 is 0. The number of nitrogens with one attached hydrogen (secondary N) is 2. The maximum Gasteiger partial charge on any atom is 0.248 e. The van der Waals surface area contributed by atoms with Crippen LogP contribution in [0, 0.1) is 12.8 Å². The van der Waals surface area contributed by atoms with E-state index in [0.717, 1.165) is 56.1 Å². The molecule has 1 saturated carbocycles. The number of halogens is 2. The zero-order valence-electron chi connectivity index (χ0n) is 22.3. The van der Waals surface area contributed by atoms with Gasteiger partial charge in [-0.15, -0.1) is 10.2 Å². The third-order valence-electron chi connectivity index (χ3n) is 9.55. The summed E-state index contributed by atoms with van der Waals surface area (Å²) in [7, 11) is 0. The Balaban J connectivity index is 1.11. The summed E-state index contributed by atoms with van der Waals surface area (Å²) < 4.78 is 29.7. The second-order valence-corrected chi connectivity index (χ2v) is 12.0. The highest BCUT2D eigenvalue weighted by molar-refractivity contribution is 5.79. The second-order valence-electron chi connectivity index (χ2n) is 12.0. The van der Waals surface area contributed by atoms with Gasteiger partial charge in [0.15, 0.2) is 0 Å². The molecule has 1 aromatic carbocycles. The molecule has 1 amide bonds. The monoisotopic (exact) mass is 526 g/mol. The Kier molecular flexibility index (Phi) is 7.24. The first-order valence-corrected chi connectivity index (χ1v) is 14.5. The average Bonchev–Trinajstić information content (AvgIpc) is 3.35. The third-order valence-corrected chi connectivity index (χ3v) is 9.55. The number of hydrogen-bond acceptors (Lipinski definition) is 5. The highest BCUT2D eigenvalue weighted by atomic mass is 19.3. The van der Waals surface area contributed by atoms with Gasteiger partial charge in [0.05, 0.1) is 6.04 Å². The van der Waals surface area contributed by atoms with Crippen LogP contribution in [0.4, 0.5) is 8.78 Å². The van der Waals surface area contributed by atoms with Gasteiger partial charge in [0.2, 0.25) is 11.8 Å². The summed E-state index contributed by atoms with van der Waals surface area (Å²) in [5, 5.41) is 15.6. The van der Waals surface area contributed by atoms with Gasteiger partial charge in [0.1, 0.15) is 11.6 Å². The minimum Gasteiger partial charge on any atom is -0.349 e. The van der Waals surface area contributed by atoms with Crippen LogP contribution in [-0.2, 0) is 4.79 Å². The van der Waals surface area contributed by atoms with E-state index in [-0.39, 0.29) is 43.6 Å². The van der Waals surface area contributed by atoms with Crippen molar-refractivity contribution in [3.05, 3.63) is 47.5 Å². The Morgan fingerprint density at radius 2 is 1.74 bits per heavy atom. The van der Waals surface area contributed by atoms with Gasteiger partial charge in [-0.1, -0.05) is 30.3 Å². The molecular formula is C29H40F2N6O. The number of fused-ring (bicyclic) bond motifs is 2. The van der Waals surface area contributed by atoms with Crippen LogP contribution in [0.1, 0.15) is 93.0 Å². The second kappa shape index (κ2) is 10.6. The average molecular weight is 527 g/mol. The molecule has 3 saturated heterocycles. The molecule has 9 heteroatoms. The van der Waals surface area contributed by atoms with E-state index in [0.29, 0.717) is 24.0 Å². The van der Waals surface area contributed by atoms with E-state index in [1.54, 1.807) is 0 Å². The molecular weight excluding hydrogens is 486 g/mol. The Labute approximate surface area is 223 Å². The maximum absolute atomic E-state index is 13.6. The van der Waals surface area contributed by atoms with Gasteiger partial charge in [0.25, 0.3) is 0 Å². The first-order valence-electron chi connectivity index (χ1n) is 14.5. The highest BCUT2D eigenvalue weighted by Gasteiger charge is 2.43. The summed E-state index contributed by atoms with van der Waals surface area (Å²) in [6.45, 7) is 4.97. The van der Waals surface area contributed by atoms with Crippen LogP contribution in [0.15, 0.2) is 30.3 Å². The lowest BCUT2D eigenvalue weighted by atomic mass is 9.86. The normalized spacial score (nSPS) is 28.7. The maximum atomic E-state index is 13.6. The van der Waals surface area contributed by atoms with Gasteiger partial charge in [-0.05, 0) is 57.4 Å². The smallest absolute Gasteiger partial charge is 0.248 e. The van der Waals surface area contributed by atoms with Crippen LogP contribution in [0.3, 0.4) is 0 Å². The number of aromatic nitrogens is 3. The van der Waals surface area contributed by atoms with Crippen LogP contribution in [0.2, 0.25) is 0 Å². The van der Waals surface area contributed by atoms with Crippen molar-refractivity contribution < 1.29 is 13.6 Å². The van der Waals surface area contributed by atoms with Crippen molar-refractivity contribution in [1.82, 2.24) is 30.3 Å². The summed E-state index contributed by atoms with van der Waals surface area (Å²) in [4.78, 5) is 15.8. The van der Waals surface area contributed by atoms with E-state index in [2.05, 4.69) is 49.4 Å². The molecule has 3 aliphatic heterocycles. The predicted octanol–water partition coefficient (Wildman–Crippen LogP) is 4.51. The van der Waals surface area contributed by atoms with E-state index in [4.69, 9.17) is 0 Å². The molecule has 0 radical (unpaired) electrons. The van der Waals surface area contributed by atoms with Gasteiger partial charge < -0.3 is 15.2 Å². The summed E-state index contributed by atoms with van der Waals surface area (Å²) in [6.07, 6.45) is 5.61. The zero-order chi connectivity index (χ0) is 26.3. The van der Waals surface area contributed by atoms with Gasteiger partial charge in [-0.3, -0.25) is 9.69 Å². The number of piperidine rings is 1. The van der Waals surface area contributed by atoms with Crippen molar-refractivity contribution in [2.75, 3.05) is 19.6 Å². The van der Waals surface area contributed by atoms with Gasteiger partial charge in [-0.25, -0.2) is 8.78 Å². The number of carbonyl (C=O) groups is 1. The van der Waals surface area contributed by atoms with Gasteiger partial charge >= 0.3 is 0 Å². The zero-order valence-corrected chi connectivity index (χ0v) is 22.3. The molecule has 3 atom stereocenters. The van der Waals surface area contributed by atoms with Crippen molar-refractivity contribution in [2.45, 2.75) is 101 Å². The number of amides is 1. The van der Waals surface area contributed by atoms with Crippen molar-refractivity contribution in [3.63, 3.8) is 0 Å². The fraction of sp³-hybridized carbons (Fsp3) is 0.690. The van der Waals surface area contributed by atoms with Gasteiger partial charge in [0, 0.05) is 62.4 Å². The number of carbonyl (C=O) groups excluding carboxylic acids is 1. The molecule has 2 bridgehead atoms. The molecule has 1 aliphatic carbocycles. The standard InChI is InChI=1S/C29H40F2N6O/c1-19-34-35-27(22-17-32-18-22)37(19)25-15-23-7-8-24(16-25)36(23)14-11-26(20-5-3-2-4-6-20)33-28(38)21-9-12-29(30,31)13-10-21/h2-6,21-26,32H,7-18H2,1H3,(H,33,38)/t23?,24?,25?,26-/m0/s1. The molecule has 38 heavy (non-hydrogen) atoms. The summed E-state index contributed by atoms with van der Waals surface area (Å²) in [6, 6.07) is 11.5. The molecule has 7 nitrogen and oxygen atoms in total. The fourth-order valence-corrected chi connectivity index (χ4v) is 7.29. The largest absolute Gasteiger partial charge is 0.349 e. The van der Waals surface area contributed by atoms with Crippen molar-refractivity contribution in [1.29, 1.82) is 0 Å². The van der Waals surface area contributed by atoms with Crippen LogP contribution < -0.4 is 10.6 Å². The molecule has 2 unspecified atom stereocenters. The molecule has 4 fully saturated rings. The van der Waals surface area contributed by atoms with Crippen LogP contribution in [0.25, 0.3) is 0 Å². The van der Waals surface area contributed by atoms with E-state index in [1.165, 1.54) is 12.8 Å². The van der Waals surface area contributed by atoms with Crippen LogP contribution in [0.5, 0.6) is 0 Å². The quantitative estimate of drug-likeness (QED) is 0.529. The SMILES string of the molecule is Cc1nnc(C2CNC2)n1C1CC2CCC(C1)N2CC[C@H](NC(=O)C1CCC(F)(F)CC1)c1ccccc1. The van der Waals surface area contributed by atoms with Crippen LogP contribution >= 0.6 is 0 Å².